The second-order valence-electron chi connectivity index (χ2n) is 4.08. The number of urea groups is 1. The Kier molecular flexibility index (Phi) is 4.28. The average molecular weight is 269 g/mol. The SMILES string of the molecule is N=C(N)N(C(=O)NCc1ccccc1)c1cccnc1. The van der Waals surface area contributed by atoms with Crippen LogP contribution >= 0.6 is 0 Å². The van der Waals surface area contributed by atoms with Crippen LogP contribution in [-0.4, -0.2) is 17.0 Å². The fourth-order valence-electron chi connectivity index (χ4n) is 1.70. The molecule has 0 radical (unpaired) electrons. The van der Waals surface area contributed by atoms with Crippen molar-refractivity contribution in [3.05, 3.63) is 60.4 Å². The number of benzene rings is 1. The van der Waals surface area contributed by atoms with E-state index >= 15 is 0 Å². The van der Waals surface area contributed by atoms with Gasteiger partial charge >= 0.3 is 6.03 Å². The number of anilines is 1. The lowest BCUT2D eigenvalue weighted by atomic mass is 10.2. The summed E-state index contributed by atoms with van der Waals surface area (Å²) in [6.07, 6.45) is 3.06. The number of rotatable bonds is 3. The Balaban J connectivity index is 2.07. The van der Waals surface area contributed by atoms with Crippen LogP contribution in [-0.2, 0) is 6.54 Å². The summed E-state index contributed by atoms with van der Waals surface area (Å²) in [5.74, 6) is -0.358. The molecule has 2 rings (SSSR count). The quantitative estimate of drug-likeness (QED) is 0.584. The van der Waals surface area contributed by atoms with Crippen molar-refractivity contribution in [2.75, 3.05) is 4.90 Å². The molecule has 1 heterocycles. The minimum absolute atomic E-state index is 0.358. The van der Waals surface area contributed by atoms with Crippen LogP contribution in [0, 0.1) is 5.41 Å². The van der Waals surface area contributed by atoms with Gasteiger partial charge in [-0.25, -0.2) is 9.69 Å². The third kappa shape index (κ3) is 3.32. The van der Waals surface area contributed by atoms with E-state index in [1.54, 1.807) is 18.3 Å². The van der Waals surface area contributed by atoms with Crippen molar-refractivity contribution < 1.29 is 4.79 Å². The van der Waals surface area contributed by atoms with Crippen LogP contribution < -0.4 is 16.0 Å². The Bertz CT molecular complexity index is 585. The molecule has 0 fully saturated rings. The van der Waals surface area contributed by atoms with E-state index in [0.717, 1.165) is 10.5 Å². The molecule has 2 amide bonds. The van der Waals surface area contributed by atoms with Gasteiger partial charge in [0.05, 0.1) is 11.9 Å². The Morgan fingerprint density at radius 1 is 1.25 bits per heavy atom. The van der Waals surface area contributed by atoms with Gasteiger partial charge in [-0.15, -0.1) is 0 Å². The lowest BCUT2D eigenvalue weighted by Gasteiger charge is -2.20. The highest BCUT2D eigenvalue weighted by molar-refractivity contribution is 6.13. The topological polar surface area (TPSA) is 95.1 Å². The molecule has 20 heavy (non-hydrogen) atoms. The lowest BCUT2D eigenvalue weighted by Crippen LogP contribution is -2.47. The first-order chi connectivity index (χ1) is 9.68. The van der Waals surface area contributed by atoms with E-state index < -0.39 is 6.03 Å². The van der Waals surface area contributed by atoms with Crippen LogP contribution in [0.2, 0.25) is 0 Å². The number of hydrogen-bond donors (Lipinski definition) is 3. The highest BCUT2D eigenvalue weighted by Gasteiger charge is 2.18. The minimum Gasteiger partial charge on any atom is -0.369 e. The standard InChI is InChI=1S/C14H15N5O/c15-13(16)19(12-7-4-8-17-10-12)14(20)18-9-11-5-2-1-3-6-11/h1-8,10H,9H2,(H3,15,16)(H,18,20). The smallest absolute Gasteiger partial charge is 0.329 e. The van der Waals surface area contributed by atoms with Gasteiger partial charge in [-0.2, -0.15) is 0 Å². The molecule has 1 aromatic heterocycles. The minimum atomic E-state index is -0.464. The first-order valence-corrected chi connectivity index (χ1v) is 6.04. The number of carbonyl (C=O) groups excluding carboxylic acids is 1. The molecule has 0 spiro atoms. The number of carbonyl (C=O) groups is 1. The van der Waals surface area contributed by atoms with Gasteiger partial charge in [0.2, 0.25) is 5.96 Å². The summed E-state index contributed by atoms with van der Waals surface area (Å²) in [6.45, 7) is 0.365. The van der Waals surface area contributed by atoms with E-state index in [4.69, 9.17) is 11.1 Å². The average Bonchev–Trinajstić information content (AvgIpc) is 2.47. The van der Waals surface area contributed by atoms with Crippen LogP contribution in [0.15, 0.2) is 54.9 Å². The molecule has 0 aliphatic heterocycles. The number of guanidine groups is 1. The summed E-state index contributed by atoms with van der Waals surface area (Å²) in [7, 11) is 0. The molecule has 0 atom stereocenters. The fraction of sp³-hybridized carbons (Fsp3) is 0.0714. The van der Waals surface area contributed by atoms with Crippen molar-refractivity contribution in [2.45, 2.75) is 6.54 Å². The fourth-order valence-corrected chi connectivity index (χ4v) is 1.70. The normalized spacial score (nSPS) is 9.80. The van der Waals surface area contributed by atoms with Crippen molar-refractivity contribution in [1.29, 1.82) is 5.41 Å². The molecular weight excluding hydrogens is 254 g/mol. The zero-order valence-corrected chi connectivity index (χ0v) is 10.8. The van der Waals surface area contributed by atoms with Crippen LogP contribution in [0.3, 0.4) is 0 Å². The molecule has 2 aromatic rings. The van der Waals surface area contributed by atoms with Crippen LogP contribution in [0.4, 0.5) is 10.5 Å². The van der Waals surface area contributed by atoms with E-state index in [1.165, 1.54) is 6.20 Å². The Morgan fingerprint density at radius 2 is 2.00 bits per heavy atom. The second kappa shape index (κ2) is 6.33. The molecule has 4 N–H and O–H groups in total. The zero-order valence-electron chi connectivity index (χ0n) is 10.8. The first-order valence-electron chi connectivity index (χ1n) is 6.04. The van der Waals surface area contributed by atoms with E-state index in [0.29, 0.717) is 12.2 Å². The third-order valence-corrected chi connectivity index (χ3v) is 2.63. The van der Waals surface area contributed by atoms with Gasteiger partial charge in [0.15, 0.2) is 0 Å². The van der Waals surface area contributed by atoms with Crippen molar-refractivity contribution in [2.24, 2.45) is 5.73 Å². The Labute approximate surface area is 116 Å². The number of pyridine rings is 1. The monoisotopic (exact) mass is 269 g/mol. The molecule has 0 saturated heterocycles. The van der Waals surface area contributed by atoms with Gasteiger partial charge in [-0.3, -0.25) is 10.4 Å². The molecule has 0 aliphatic rings. The summed E-state index contributed by atoms with van der Waals surface area (Å²) in [6, 6.07) is 12.4. The Morgan fingerprint density at radius 3 is 2.60 bits per heavy atom. The largest absolute Gasteiger partial charge is 0.369 e. The van der Waals surface area contributed by atoms with Gasteiger partial charge in [-0.05, 0) is 17.7 Å². The van der Waals surface area contributed by atoms with Crippen LogP contribution in [0.25, 0.3) is 0 Å². The van der Waals surface area contributed by atoms with Gasteiger partial charge in [0.1, 0.15) is 0 Å². The number of hydrogen-bond acceptors (Lipinski definition) is 3. The van der Waals surface area contributed by atoms with Gasteiger partial charge in [0, 0.05) is 12.7 Å². The molecule has 0 aliphatic carbocycles. The summed E-state index contributed by atoms with van der Waals surface area (Å²) in [4.78, 5) is 17.1. The van der Waals surface area contributed by atoms with E-state index in [-0.39, 0.29) is 5.96 Å². The molecule has 0 saturated carbocycles. The zero-order chi connectivity index (χ0) is 14.4. The van der Waals surface area contributed by atoms with Crippen molar-refractivity contribution >= 4 is 17.7 Å². The van der Waals surface area contributed by atoms with Gasteiger partial charge in [-0.1, -0.05) is 30.3 Å². The Hall–Kier alpha value is -2.89. The molecule has 0 bridgehead atoms. The van der Waals surface area contributed by atoms with E-state index in [1.807, 2.05) is 30.3 Å². The van der Waals surface area contributed by atoms with Gasteiger partial charge in [0.25, 0.3) is 0 Å². The second-order valence-corrected chi connectivity index (χ2v) is 4.08. The van der Waals surface area contributed by atoms with E-state index in [9.17, 15) is 4.79 Å². The molecule has 1 aromatic carbocycles. The van der Waals surface area contributed by atoms with Crippen LogP contribution in [0.1, 0.15) is 5.56 Å². The highest BCUT2D eigenvalue weighted by Crippen LogP contribution is 2.11. The predicted octanol–water partition coefficient (Wildman–Crippen LogP) is 1.69. The molecule has 6 heteroatoms. The molecular formula is C14H15N5O. The summed E-state index contributed by atoms with van der Waals surface area (Å²) >= 11 is 0. The highest BCUT2D eigenvalue weighted by atomic mass is 16.2. The number of nitrogens with zero attached hydrogens (tertiary/aromatic N) is 2. The molecule has 0 unspecified atom stereocenters. The van der Waals surface area contributed by atoms with Crippen LogP contribution in [0.5, 0.6) is 0 Å². The van der Waals surface area contributed by atoms with Crippen molar-refractivity contribution in [1.82, 2.24) is 10.3 Å². The molecule has 6 nitrogen and oxygen atoms in total. The van der Waals surface area contributed by atoms with Crippen molar-refractivity contribution in [3.8, 4) is 0 Å². The maximum atomic E-state index is 12.1. The van der Waals surface area contributed by atoms with Crippen molar-refractivity contribution in [3.63, 3.8) is 0 Å². The number of nitrogens with one attached hydrogen (secondary N) is 2. The maximum absolute atomic E-state index is 12.1. The lowest BCUT2D eigenvalue weighted by molar-refractivity contribution is 0.248. The maximum Gasteiger partial charge on any atom is 0.329 e. The third-order valence-electron chi connectivity index (χ3n) is 2.63. The summed E-state index contributed by atoms with van der Waals surface area (Å²) in [5, 5.41) is 10.2. The summed E-state index contributed by atoms with van der Waals surface area (Å²) in [5.41, 5.74) is 6.88. The first kappa shape index (κ1) is 13.5. The number of nitrogens with two attached hydrogens (primary N) is 1. The summed E-state index contributed by atoms with van der Waals surface area (Å²) < 4.78 is 0. The molecule has 102 valence electrons. The van der Waals surface area contributed by atoms with Gasteiger partial charge < -0.3 is 11.1 Å². The number of amides is 2. The predicted molar refractivity (Wildman–Crippen MR) is 77.3 cm³/mol. The van der Waals surface area contributed by atoms with E-state index in [2.05, 4.69) is 10.3 Å². The number of aromatic nitrogens is 1.